The third-order valence-electron chi connectivity index (χ3n) is 3.30. The summed E-state index contributed by atoms with van der Waals surface area (Å²) in [6, 6.07) is 7.01. The van der Waals surface area contributed by atoms with Crippen molar-refractivity contribution in [2.45, 2.75) is 13.0 Å². The normalized spacial score (nSPS) is 11.5. The van der Waals surface area contributed by atoms with Crippen molar-refractivity contribution in [2.24, 2.45) is 0 Å². The summed E-state index contributed by atoms with van der Waals surface area (Å²) < 4.78 is 18.3. The molecule has 0 aliphatic rings. The second-order valence-electron chi connectivity index (χ2n) is 5.19. The molecule has 8 nitrogen and oxygen atoms in total. The zero-order valence-electron chi connectivity index (χ0n) is 13.4. The molecule has 0 aliphatic heterocycles. The Morgan fingerprint density at radius 2 is 2.00 bits per heavy atom. The molecule has 0 saturated carbocycles. The Morgan fingerprint density at radius 3 is 2.62 bits per heavy atom. The number of esters is 1. The van der Waals surface area contributed by atoms with Gasteiger partial charge in [0.1, 0.15) is 0 Å². The van der Waals surface area contributed by atoms with Gasteiger partial charge in [-0.1, -0.05) is 11.6 Å². The van der Waals surface area contributed by atoms with Gasteiger partial charge in [-0.3, -0.25) is 14.9 Å². The van der Waals surface area contributed by atoms with Crippen LogP contribution in [-0.2, 0) is 9.53 Å². The van der Waals surface area contributed by atoms with Gasteiger partial charge in [0.25, 0.3) is 5.91 Å². The summed E-state index contributed by atoms with van der Waals surface area (Å²) in [5.74, 6) is -2.63. The predicted octanol–water partition coefficient (Wildman–Crippen LogP) is 3.15. The van der Waals surface area contributed by atoms with E-state index < -0.39 is 34.4 Å². The molecule has 0 spiro atoms. The first-order valence-electron chi connectivity index (χ1n) is 7.20. The molecule has 0 saturated heterocycles. The van der Waals surface area contributed by atoms with Crippen LogP contribution in [0.4, 0.5) is 21.5 Å². The average Bonchev–Trinajstić information content (AvgIpc) is 2.55. The lowest BCUT2D eigenvalue weighted by Crippen LogP contribution is -2.30. The molecule has 0 unspecified atom stereocenters. The van der Waals surface area contributed by atoms with Crippen molar-refractivity contribution < 1.29 is 23.6 Å². The van der Waals surface area contributed by atoms with Crippen LogP contribution in [0.2, 0.25) is 5.02 Å². The molecule has 1 amide bonds. The second-order valence-corrected chi connectivity index (χ2v) is 5.63. The van der Waals surface area contributed by atoms with Gasteiger partial charge in [0, 0.05) is 22.5 Å². The van der Waals surface area contributed by atoms with Gasteiger partial charge < -0.3 is 15.8 Å². The molecule has 0 aromatic heterocycles. The monoisotopic (exact) mass is 381 g/mol. The Hall–Kier alpha value is -3.20. The van der Waals surface area contributed by atoms with Gasteiger partial charge in [-0.25, -0.2) is 4.79 Å². The molecule has 0 bridgehead atoms. The molecule has 2 aromatic rings. The van der Waals surface area contributed by atoms with Crippen LogP contribution in [0.1, 0.15) is 17.3 Å². The SMILES string of the molecule is C[C@H](OC(=O)c1ccc(Cl)cc1N)C(=O)Nc1ccc(F)c([N+](=O)[O-])c1. The summed E-state index contributed by atoms with van der Waals surface area (Å²) in [6.45, 7) is 1.30. The van der Waals surface area contributed by atoms with Crippen LogP contribution < -0.4 is 11.1 Å². The lowest BCUT2D eigenvalue weighted by atomic mass is 10.2. The number of nitro benzene ring substituents is 1. The standard InChI is InChI=1S/C16H13ClFN3O5/c1-8(26-16(23)11-4-2-9(17)6-13(11)19)15(22)20-10-3-5-12(18)14(7-10)21(24)25/h2-8H,19H2,1H3,(H,20,22)/t8-/m0/s1. The average molecular weight is 382 g/mol. The number of hydrogen-bond donors (Lipinski definition) is 2. The van der Waals surface area contributed by atoms with Crippen molar-refractivity contribution in [3.63, 3.8) is 0 Å². The first-order valence-corrected chi connectivity index (χ1v) is 7.57. The lowest BCUT2D eigenvalue weighted by Gasteiger charge is -2.14. The summed E-state index contributed by atoms with van der Waals surface area (Å²) in [4.78, 5) is 33.9. The zero-order valence-corrected chi connectivity index (χ0v) is 14.1. The highest BCUT2D eigenvalue weighted by Gasteiger charge is 2.22. The Kier molecular flexibility index (Phi) is 5.73. The van der Waals surface area contributed by atoms with Crippen LogP contribution in [0, 0.1) is 15.9 Å². The number of nitrogen functional groups attached to an aromatic ring is 1. The van der Waals surface area contributed by atoms with Crippen LogP contribution in [0.3, 0.4) is 0 Å². The first-order chi connectivity index (χ1) is 12.2. The van der Waals surface area contributed by atoms with E-state index >= 15 is 0 Å². The fraction of sp³-hybridized carbons (Fsp3) is 0.125. The minimum absolute atomic E-state index is 0.0167. The molecule has 0 radical (unpaired) electrons. The number of hydrogen-bond acceptors (Lipinski definition) is 6. The van der Waals surface area contributed by atoms with Crippen LogP contribution in [0.5, 0.6) is 0 Å². The first kappa shape index (κ1) is 19.1. The highest BCUT2D eigenvalue weighted by atomic mass is 35.5. The number of carbonyl (C=O) groups excluding carboxylic acids is 2. The number of carbonyl (C=O) groups is 2. The van der Waals surface area contributed by atoms with Gasteiger partial charge in [-0.15, -0.1) is 0 Å². The highest BCUT2D eigenvalue weighted by molar-refractivity contribution is 6.31. The van der Waals surface area contributed by atoms with Crippen molar-refractivity contribution >= 4 is 40.5 Å². The van der Waals surface area contributed by atoms with Gasteiger partial charge in [-0.05, 0) is 37.3 Å². The van der Waals surface area contributed by atoms with E-state index in [9.17, 15) is 24.1 Å². The molecule has 1 atom stereocenters. The van der Waals surface area contributed by atoms with E-state index in [1.165, 1.54) is 25.1 Å². The molecule has 136 valence electrons. The van der Waals surface area contributed by atoms with Crippen LogP contribution >= 0.6 is 11.6 Å². The van der Waals surface area contributed by atoms with Crippen molar-refractivity contribution in [3.05, 3.63) is 62.9 Å². The third kappa shape index (κ3) is 4.45. The maximum absolute atomic E-state index is 13.3. The number of nitrogens with zero attached hydrogens (tertiary/aromatic N) is 1. The number of anilines is 2. The van der Waals surface area contributed by atoms with Gasteiger partial charge >= 0.3 is 11.7 Å². The predicted molar refractivity (Wildman–Crippen MR) is 92.4 cm³/mol. The third-order valence-corrected chi connectivity index (χ3v) is 3.53. The van der Waals surface area contributed by atoms with Gasteiger partial charge in [0.2, 0.25) is 5.82 Å². The number of nitro groups is 1. The van der Waals surface area contributed by atoms with E-state index in [0.29, 0.717) is 5.02 Å². The Morgan fingerprint density at radius 1 is 1.31 bits per heavy atom. The second kappa shape index (κ2) is 7.79. The molecule has 0 fully saturated rings. The Bertz CT molecular complexity index is 890. The quantitative estimate of drug-likeness (QED) is 0.355. The number of amides is 1. The van der Waals surface area contributed by atoms with E-state index in [0.717, 1.165) is 18.2 Å². The lowest BCUT2D eigenvalue weighted by molar-refractivity contribution is -0.387. The summed E-state index contributed by atoms with van der Waals surface area (Å²) in [6.07, 6.45) is -1.23. The maximum atomic E-state index is 13.3. The number of halogens is 2. The summed E-state index contributed by atoms with van der Waals surface area (Å²) in [5.41, 5.74) is 4.99. The van der Waals surface area contributed by atoms with Gasteiger partial charge in [0.05, 0.1) is 10.5 Å². The zero-order chi connectivity index (χ0) is 19.4. The van der Waals surface area contributed by atoms with E-state index in [4.69, 9.17) is 22.1 Å². The molecule has 2 aromatic carbocycles. The van der Waals surface area contributed by atoms with E-state index in [2.05, 4.69) is 5.32 Å². The minimum atomic E-state index is -1.23. The molecule has 2 rings (SSSR count). The van der Waals surface area contributed by atoms with Crippen LogP contribution in [0.25, 0.3) is 0 Å². The summed E-state index contributed by atoms with van der Waals surface area (Å²) in [5, 5.41) is 13.4. The van der Waals surface area contributed by atoms with Crippen LogP contribution in [0.15, 0.2) is 36.4 Å². The molecule has 0 heterocycles. The maximum Gasteiger partial charge on any atom is 0.341 e. The molecule has 3 N–H and O–H groups in total. The summed E-state index contributed by atoms with van der Waals surface area (Å²) in [7, 11) is 0. The molecular formula is C16H13ClFN3O5. The fourth-order valence-electron chi connectivity index (χ4n) is 1.97. The topological polar surface area (TPSA) is 125 Å². The fourth-order valence-corrected chi connectivity index (χ4v) is 2.15. The Labute approximate surface area is 151 Å². The van der Waals surface area contributed by atoms with Crippen molar-refractivity contribution in [3.8, 4) is 0 Å². The van der Waals surface area contributed by atoms with Crippen molar-refractivity contribution in [2.75, 3.05) is 11.1 Å². The number of nitrogens with one attached hydrogen (secondary N) is 1. The number of rotatable bonds is 5. The van der Waals surface area contributed by atoms with Gasteiger partial charge in [-0.2, -0.15) is 4.39 Å². The van der Waals surface area contributed by atoms with E-state index in [1.54, 1.807) is 0 Å². The largest absolute Gasteiger partial charge is 0.449 e. The smallest absolute Gasteiger partial charge is 0.341 e. The molecule has 10 heteroatoms. The highest BCUT2D eigenvalue weighted by Crippen LogP contribution is 2.22. The molecule has 26 heavy (non-hydrogen) atoms. The van der Waals surface area contributed by atoms with E-state index in [1.807, 2.05) is 0 Å². The number of ether oxygens (including phenoxy) is 1. The summed E-state index contributed by atoms with van der Waals surface area (Å²) >= 11 is 5.74. The Balaban J connectivity index is 2.07. The minimum Gasteiger partial charge on any atom is -0.449 e. The van der Waals surface area contributed by atoms with E-state index in [-0.39, 0.29) is 16.9 Å². The van der Waals surface area contributed by atoms with Crippen molar-refractivity contribution in [1.82, 2.24) is 0 Å². The number of benzene rings is 2. The molecular weight excluding hydrogens is 369 g/mol. The van der Waals surface area contributed by atoms with Gasteiger partial charge in [0.15, 0.2) is 6.10 Å². The van der Waals surface area contributed by atoms with Crippen molar-refractivity contribution in [1.29, 1.82) is 0 Å². The van der Waals surface area contributed by atoms with Crippen LogP contribution in [-0.4, -0.2) is 22.9 Å². The molecule has 0 aliphatic carbocycles. The number of nitrogens with two attached hydrogens (primary N) is 1.